The molecule has 1 amide bonds. The molecule has 24 heavy (non-hydrogen) atoms. The number of amides is 1. The van der Waals surface area contributed by atoms with E-state index in [4.69, 9.17) is 17.0 Å². The van der Waals surface area contributed by atoms with Crippen molar-refractivity contribution in [2.75, 3.05) is 7.11 Å². The summed E-state index contributed by atoms with van der Waals surface area (Å²) in [5.74, 6) is 0.679. The molecule has 1 heterocycles. The molecule has 2 aromatic carbocycles. The molecule has 0 atom stereocenters. The maximum Gasteiger partial charge on any atom is 0.266 e. The number of para-hydroxylation sites is 1. The molecule has 0 radical (unpaired) electrons. The Bertz CT molecular complexity index is 812. The van der Waals surface area contributed by atoms with Crippen LogP contribution in [0.2, 0.25) is 0 Å². The lowest BCUT2D eigenvalue weighted by molar-refractivity contribution is -0.122. The molecule has 2 aromatic rings. The molecule has 0 aliphatic carbocycles. The standard InChI is InChI=1S/C19H17NO2S2/c1-13-7-9-14(10-8-13)12-20-18(21)17(24-19(20)23)11-15-5-3-4-6-16(15)22-2/h3-11H,12H2,1-2H3/b17-11-. The molecule has 1 aliphatic rings. The van der Waals surface area contributed by atoms with Gasteiger partial charge >= 0.3 is 0 Å². The number of ether oxygens (including phenoxy) is 1. The number of carbonyl (C=O) groups excluding carboxylic acids is 1. The SMILES string of the molecule is COc1ccccc1/C=C1\SC(=S)N(Cc2ccc(C)cc2)C1=O. The van der Waals surface area contributed by atoms with Gasteiger partial charge in [0.25, 0.3) is 5.91 Å². The fourth-order valence-electron chi connectivity index (χ4n) is 2.44. The number of methoxy groups -OCH3 is 1. The van der Waals surface area contributed by atoms with Gasteiger partial charge in [-0.25, -0.2) is 0 Å². The summed E-state index contributed by atoms with van der Waals surface area (Å²) in [7, 11) is 1.62. The molecule has 0 spiro atoms. The highest BCUT2D eigenvalue weighted by Gasteiger charge is 2.32. The zero-order chi connectivity index (χ0) is 17.1. The second kappa shape index (κ2) is 7.20. The maximum absolute atomic E-state index is 12.7. The molecule has 1 saturated heterocycles. The van der Waals surface area contributed by atoms with E-state index >= 15 is 0 Å². The third-order valence-corrected chi connectivity index (χ3v) is 5.14. The van der Waals surface area contributed by atoms with Crippen LogP contribution >= 0.6 is 24.0 Å². The second-order valence-electron chi connectivity index (χ2n) is 5.50. The Hall–Kier alpha value is -2.11. The third-order valence-electron chi connectivity index (χ3n) is 3.76. The molecule has 0 unspecified atom stereocenters. The minimum Gasteiger partial charge on any atom is -0.496 e. The number of hydrogen-bond acceptors (Lipinski definition) is 4. The third kappa shape index (κ3) is 3.52. The van der Waals surface area contributed by atoms with E-state index in [0.29, 0.717) is 15.8 Å². The van der Waals surface area contributed by atoms with Crippen molar-refractivity contribution in [3.05, 3.63) is 70.1 Å². The second-order valence-corrected chi connectivity index (χ2v) is 7.17. The fraction of sp³-hybridized carbons (Fsp3) is 0.158. The maximum atomic E-state index is 12.7. The van der Waals surface area contributed by atoms with Crippen LogP contribution in [0.25, 0.3) is 6.08 Å². The first-order valence-electron chi connectivity index (χ1n) is 7.52. The van der Waals surface area contributed by atoms with Crippen LogP contribution in [0.1, 0.15) is 16.7 Å². The quantitative estimate of drug-likeness (QED) is 0.600. The highest BCUT2D eigenvalue weighted by atomic mass is 32.2. The molecule has 0 saturated carbocycles. The largest absolute Gasteiger partial charge is 0.496 e. The van der Waals surface area contributed by atoms with E-state index in [0.717, 1.165) is 16.9 Å². The number of nitrogens with zero attached hydrogens (tertiary/aromatic N) is 1. The van der Waals surface area contributed by atoms with Crippen molar-refractivity contribution in [3.8, 4) is 5.75 Å². The predicted octanol–water partition coefficient (Wildman–Crippen LogP) is 4.41. The number of thioether (sulfide) groups is 1. The molecule has 0 bridgehead atoms. The summed E-state index contributed by atoms with van der Waals surface area (Å²) >= 11 is 6.72. The molecule has 1 aliphatic heterocycles. The van der Waals surface area contributed by atoms with Crippen molar-refractivity contribution in [1.29, 1.82) is 0 Å². The molecule has 3 rings (SSSR count). The minimum absolute atomic E-state index is 0.0588. The van der Waals surface area contributed by atoms with Crippen LogP contribution in [0.15, 0.2) is 53.4 Å². The van der Waals surface area contributed by atoms with Gasteiger partial charge in [0, 0.05) is 5.56 Å². The Morgan fingerprint density at radius 1 is 1.17 bits per heavy atom. The molecule has 122 valence electrons. The van der Waals surface area contributed by atoms with Crippen molar-refractivity contribution in [2.24, 2.45) is 0 Å². The zero-order valence-corrected chi connectivity index (χ0v) is 15.1. The van der Waals surface area contributed by atoms with Gasteiger partial charge in [0.15, 0.2) is 0 Å². The number of carbonyl (C=O) groups is 1. The highest BCUT2D eigenvalue weighted by molar-refractivity contribution is 8.26. The van der Waals surface area contributed by atoms with E-state index in [1.807, 2.05) is 61.5 Å². The zero-order valence-electron chi connectivity index (χ0n) is 13.5. The Labute approximate surface area is 151 Å². The summed E-state index contributed by atoms with van der Waals surface area (Å²) in [5, 5.41) is 0. The number of thiocarbonyl (C=S) groups is 1. The van der Waals surface area contributed by atoms with E-state index in [2.05, 4.69) is 0 Å². The minimum atomic E-state index is -0.0588. The van der Waals surface area contributed by atoms with Crippen LogP contribution < -0.4 is 4.74 Å². The molecule has 5 heteroatoms. The van der Waals surface area contributed by atoms with E-state index in [1.165, 1.54) is 17.3 Å². The average molecular weight is 355 g/mol. The highest BCUT2D eigenvalue weighted by Crippen LogP contribution is 2.35. The van der Waals surface area contributed by atoms with Gasteiger partial charge in [0.05, 0.1) is 18.6 Å². The Morgan fingerprint density at radius 2 is 1.88 bits per heavy atom. The topological polar surface area (TPSA) is 29.5 Å². The Balaban J connectivity index is 1.83. The van der Waals surface area contributed by atoms with Gasteiger partial charge in [-0.2, -0.15) is 0 Å². The van der Waals surface area contributed by atoms with Crippen LogP contribution in [-0.2, 0) is 11.3 Å². The lowest BCUT2D eigenvalue weighted by atomic mass is 10.1. The van der Waals surface area contributed by atoms with Crippen LogP contribution in [0.4, 0.5) is 0 Å². The molecule has 0 aromatic heterocycles. The number of rotatable bonds is 4. The van der Waals surface area contributed by atoms with Gasteiger partial charge in [-0.1, -0.05) is 72.0 Å². The normalized spacial score (nSPS) is 16.1. The summed E-state index contributed by atoms with van der Waals surface area (Å²) in [5.41, 5.74) is 3.13. The van der Waals surface area contributed by atoms with E-state index < -0.39 is 0 Å². The van der Waals surface area contributed by atoms with E-state index in [9.17, 15) is 4.79 Å². The summed E-state index contributed by atoms with van der Waals surface area (Å²) in [6, 6.07) is 15.7. The van der Waals surface area contributed by atoms with Crippen LogP contribution in [0.5, 0.6) is 5.75 Å². The van der Waals surface area contributed by atoms with Gasteiger partial charge in [0.2, 0.25) is 0 Å². The fourth-order valence-corrected chi connectivity index (χ4v) is 3.69. The first-order chi connectivity index (χ1) is 11.6. The summed E-state index contributed by atoms with van der Waals surface area (Å²) < 4.78 is 5.92. The lowest BCUT2D eigenvalue weighted by Crippen LogP contribution is -2.27. The Morgan fingerprint density at radius 3 is 2.58 bits per heavy atom. The van der Waals surface area contributed by atoms with E-state index in [-0.39, 0.29) is 5.91 Å². The molecular formula is C19H17NO2S2. The van der Waals surface area contributed by atoms with Crippen molar-refractivity contribution in [3.63, 3.8) is 0 Å². The summed E-state index contributed by atoms with van der Waals surface area (Å²) in [6.45, 7) is 2.54. The number of hydrogen-bond donors (Lipinski definition) is 0. The average Bonchev–Trinajstić information content (AvgIpc) is 2.85. The molecule has 3 nitrogen and oxygen atoms in total. The summed E-state index contributed by atoms with van der Waals surface area (Å²) in [4.78, 5) is 15.0. The molecular weight excluding hydrogens is 338 g/mol. The van der Waals surface area contributed by atoms with Gasteiger partial charge < -0.3 is 4.74 Å². The van der Waals surface area contributed by atoms with Crippen LogP contribution in [0, 0.1) is 6.92 Å². The van der Waals surface area contributed by atoms with Crippen molar-refractivity contribution in [1.82, 2.24) is 4.90 Å². The van der Waals surface area contributed by atoms with Crippen molar-refractivity contribution < 1.29 is 9.53 Å². The van der Waals surface area contributed by atoms with Crippen LogP contribution in [0.3, 0.4) is 0 Å². The molecule has 0 N–H and O–H groups in total. The molecule has 1 fully saturated rings. The van der Waals surface area contributed by atoms with Gasteiger partial charge in [-0.15, -0.1) is 0 Å². The Kier molecular flexibility index (Phi) is 5.02. The number of aryl methyl sites for hydroxylation is 1. The predicted molar refractivity (Wildman–Crippen MR) is 103 cm³/mol. The monoisotopic (exact) mass is 355 g/mol. The number of benzene rings is 2. The van der Waals surface area contributed by atoms with Gasteiger partial charge in [-0.05, 0) is 24.6 Å². The van der Waals surface area contributed by atoms with Gasteiger partial charge in [-0.3, -0.25) is 9.69 Å². The summed E-state index contributed by atoms with van der Waals surface area (Å²) in [6.07, 6.45) is 1.84. The lowest BCUT2D eigenvalue weighted by Gasteiger charge is -2.14. The van der Waals surface area contributed by atoms with Crippen molar-refractivity contribution >= 4 is 40.3 Å². The smallest absolute Gasteiger partial charge is 0.266 e. The van der Waals surface area contributed by atoms with Crippen molar-refractivity contribution in [2.45, 2.75) is 13.5 Å². The van der Waals surface area contributed by atoms with Crippen LogP contribution in [-0.4, -0.2) is 22.2 Å². The van der Waals surface area contributed by atoms with Gasteiger partial charge in [0.1, 0.15) is 10.1 Å². The first kappa shape index (κ1) is 16.7. The van der Waals surface area contributed by atoms with E-state index in [1.54, 1.807) is 12.0 Å². The first-order valence-corrected chi connectivity index (χ1v) is 8.75.